The second-order valence-corrected chi connectivity index (χ2v) is 4.96. The SMILES string of the molecule is CC(=O)CC(Nc1cccc(Cl)c1)c1ccccc1. The van der Waals surface area contributed by atoms with E-state index >= 15 is 0 Å². The highest BCUT2D eigenvalue weighted by Gasteiger charge is 2.13. The number of anilines is 1. The Morgan fingerprint density at radius 3 is 2.53 bits per heavy atom. The number of hydrogen-bond donors (Lipinski definition) is 1. The molecule has 19 heavy (non-hydrogen) atoms. The van der Waals surface area contributed by atoms with E-state index in [0.29, 0.717) is 11.4 Å². The summed E-state index contributed by atoms with van der Waals surface area (Å²) >= 11 is 5.97. The summed E-state index contributed by atoms with van der Waals surface area (Å²) in [5.74, 6) is 0.156. The van der Waals surface area contributed by atoms with E-state index in [1.165, 1.54) is 0 Å². The zero-order valence-electron chi connectivity index (χ0n) is 10.8. The minimum absolute atomic E-state index is 0.0304. The maximum atomic E-state index is 11.4. The standard InChI is InChI=1S/C16H16ClNO/c1-12(19)10-16(13-6-3-2-4-7-13)18-15-9-5-8-14(17)11-15/h2-9,11,16,18H,10H2,1H3. The third-order valence-corrected chi connectivity index (χ3v) is 3.09. The highest BCUT2D eigenvalue weighted by Crippen LogP contribution is 2.24. The van der Waals surface area contributed by atoms with Crippen LogP contribution in [0, 0.1) is 0 Å². The topological polar surface area (TPSA) is 29.1 Å². The molecule has 98 valence electrons. The van der Waals surface area contributed by atoms with E-state index in [-0.39, 0.29) is 11.8 Å². The molecule has 1 atom stereocenters. The van der Waals surface area contributed by atoms with Gasteiger partial charge in [-0.15, -0.1) is 0 Å². The van der Waals surface area contributed by atoms with Crippen molar-refractivity contribution in [3.63, 3.8) is 0 Å². The molecule has 0 aliphatic heterocycles. The molecule has 1 N–H and O–H groups in total. The van der Waals surface area contributed by atoms with Gasteiger partial charge in [-0.1, -0.05) is 48.0 Å². The number of nitrogens with one attached hydrogen (secondary N) is 1. The van der Waals surface area contributed by atoms with Gasteiger partial charge >= 0.3 is 0 Å². The molecule has 0 aromatic heterocycles. The van der Waals surface area contributed by atoms with Crippen molar-refractivity contribution in [2.45, 2.75) is 19.4 Å². The first-order chi connectivity index (χ1) is 9.15. The van der Waals surface area contributed by atoms with Crippen LogP contribution in [-0.2, 0) is 4.79 Å². The van der Waals surface area contributed by atoms with Crippen LogP contribution in [0.15, 0.2) is 54.6 Å². The molecule has 2 rings (SSSR count). The Labute approximate surface area is 118 Å². The average Bonchev–Trinajstić information content (AvgIpc) is 2.38. The molecular formula is C16H16ClNO. The van der Waals surface area contributed by atoms with E-state index in [0.717, 1.165) is 11.3 Å². The number of Topliss-reactive ketones (excluding diaryl/α,β-unsaturated/α-hetero) is 1. The van der Waals surface area contributed by atoms with Crippen LogP contribution in [0.5, 0.6) is 0 Å². The van der Waals surface area contributed by atoms with Crippen molar-refractivity contribution in [1.82, 2.24) is 0 Å². The van der Waals surface area contributed by atoms with Gasteiger partial charge in [-0.05, 0) is 30.7 Å². The van der Waals surface area contributed by atoms with Gasteiger partial charge in [0.05, 0.1) is 6.04 Å². The van der Waals surface area contributed by atoms with E-state index in [1.54, 1.807) is 6.92 Å². The van der Waals surface area contributed by atoms with E-state index in [4.69, 9.17) is 11.6 Å². The Morgan fingerprint density at radius 2 is 1.89 bits per heavy atom. The molecule has 3 heteroatoms. The summed E-state index contributed by atoms with van der Waals surface area (Å²) < 4.78 is 0. The smallest absolute Gasteiger partial charge is 0.132 e. The van der Waals surface area contributed by atoms with Crippen molar-refractivity contribution in [3.8, 4) is 0 Å². The van der Waals surface area contributed by atoms with Gasteiger partial charge in [-0.3, -0.25) is 4.79 Å². The van der Waals surface area contributed by atoms with Crippen molar-refractivity contribution in [2.24, 2.45) is 0 Å². The van der Waals surface area contributed by atoms with Crippen LogP contribution < -0.4 is 5.32 Å². The number of benzene rings is 2. The Kier molecular flexibility index (Phi) is 4.58. The summed E-state index contributed by atoms with van der Waals surface area (Å²) in [7, 11) is 0. The van der Waals surface area contributed by atoms with Crippen molar-refractivity contribution >= 4 is 23.1 Å². The average molecular weight is 274 g/mol. The summed E-state index contributed by atoms with van der Waals surface area (Å²) in [6.07, 6.45) is 0.455. The first-order valence-electron chi connectivity index (χ1n) is 6.21. The molecule has 0 aliphatic rings. The second-order valence-electron chi connectivity index (χ2n) is 4.52. The first kappa shape index (κ1) is 13.6. The summed E-state index contributed by atoms with van der Waals surface area (Å²) in [5.41, 5.74) is 2.01. The lowest BCUT2D eigenvalue weighted by atomic mass is 10.0. The molecule has 2 aromatic carbocycles. The van der Waals surface area contributed by atoms with Crippen molar-refractivity contribution in [2.75, 3.05) is 5.32 Å². The third-order valence-electron chi connectivity index (χ3n) is 2.86. The monoisotopic (exact) mass is 273 g/mol. The van der Waals surface area contributed by atoms with Crippen LogP contribution in [-0.4, -0.2) is 5.78 Å². The van der Waals surface area contributed by atoms with Gasteiger partial charge in [-0.2, -0.15) is 0 Å². The summed E-state index contributed by atoms with van der Waals surface area (Å²) in [6.45, 7) is 1.61. The molecule has 0 saturated carbocycles. The van der Waals surface area contributed by atoms with Gasteiger partial charge in [0.15, 0.2) is 0 Å². The lowest BCUT2D eigenvalue weighted by Crippen LogP contribution is -2.14. The predicted molar refractivity (Wildman–Crippen MR) is 79.6 cm³/mol. The fourth-order valence-electron chi connectivity index (χ4n) is 2.00. The molecule has 0 aliphatic carbocycles. The van der Waals surface area contributed by atoms with Gasteiger partial charge in [0, 0.05) is 17.1 Å². The molecule has 0 fully saturated rings. The molecule has 2 nitrogen and oxygen atoms in total. The largest absolute Gasteiger partial charge is 0.378 e. The van der Waals surface area contributed by atoms with Crippen molar-refractivity contribution in [1.29, 1.82) is 0 Å². The minimum Gasteiger partial charge on any atom is -0.378 e. The summed E-state index contributed by atoms with van der Waals surface area (Å²) in [4.78, 5) is 11.4. The normalized spacial score (nSPS) is 11.9. The van der Waals surface area contributed by atoms with Gasteiger partial charge in [-0.25, -0.2) is 0 Å². The van der Waals surface area contributed by atoms with Crippen LogP contribution in [0.3, 0.4) is 0 Å². The second kappa shape index (κ2) is 6.39. The summed E-state index contributed by atoms with van der Waals surface area (Å²) in [5, 5.41) is 4.04. The Bertz CT molecular complexity index is 554. The lowest BCUT2D eigenvalue weighted by Gasteiger charge is -2.19. The highest BCUT2D eigenvalue weighted by atomic mass is 35.5. The fourth-order valence-corrected chi connectivity index (χ4v) is 2.19. The first-order valence-corrected chi connectivity index (χ1v) is 6.59. The number of ketones is 1. The number of rotatable bonds is 5. The summed E-state index contributed by atoms with van der Waals surface area (Å²) in [6, 6.07) is 17.4. The minimum atomic E-state index is -0.0304. The zero-order valence-corrected chi connectivity index (χ0v) is 11.5. The molecule has 2 aromatic rings. The Morgan fingerprint density at radius 1 is 1.16 bits per heavy atom. The van der Waals surface area contributed by atoms with Crippen LogP contribution in [0.2, 0.25) is 5.02 Å². The number of carbonyl (C=O) groups excluding carboxylic acids is 1. The van der Waals surface area contributed by atoms with Crippen LogP contribution in [0.4, 0.5) is 5.69 Å². The van der Waals surface area contributed by atoms with Gasteiger partial charge in [0.2, 0.25) is 0 Å². The molecule has 1 unspecified atom stereocenters. The van der Waals surface area contributed by atoms with Gasteiger partial charge in [0.25, 0.3) is 0 Å². The highest BCUT2D eigenvalue weighted by molar-refractivity contribution is 6.30. The van der Waals surface area contributed by atoms with Crippen LogP contribution in [0.25, 0.3) is 0 Å². The van der Waals surface area contributed by atoms with Gasteiger partial charge < -0.3 is 5.32 Å². The number of halogens is 1. The van der Waals surface area contributed by atoms with Crippen molar-refractivity contribution in [3.05, 3.63) is 65.2 Å². The van der Waals surface area contributed by atoms with E-state index in [9.17, 15) is 4.79 Å². The fraction of sp³-hybridized carbons (Fsp3) is 0.188. The number of hydrogen-bond acceptors (Lipinski definition) is 2. The molecular weight excluding hydrogens is 258 g/mol. The molecule has 0 bridgehead atoms. The van der Waals surface area contributed by atoms with E-state index in [1.807, 2.05) is 54.6 Å². The third kappa shape index (κ3) is 4.11. The lowest BCUT2D eigenvalue weighted by molar-refractivity contribution is -0.117. The molecule has 0 heterocycles. The van der Waals surface area contributed by atoms with Crippen LogP contribution in [0.1, 0.15) is 24.9 Å². The van der Waals surface area contributed by atoms with E-state index < -0.39 is 0 Å². The van der Waals surface area contributed by atoms with E-state index in [2.05, 4.69) is 5.32 Å². The maximum absolute atomic E-state index is 11.4. The Balaban J connectivity index is 2.21. The Hall–Kier alpha value is -1.80. The van der Waals surface area contributed by atoms with Gasteiger partial charge in [0.1, 0.15) is 5.78 Å². The van der Waals surface area contributed by atoms with Crippen LogP contribution >= 0.6 is 11.6 Å². The zero-order chi connectivity index (χ0) is 13.7. The number of carbonyl (C=O) groups is 1. The maximum Gasteiger partial charge on any atom is 0.132 e. The molecule has 0 spiro atoms. The molecule has 0 amide bonds. The quantitative estimate of drug-likeness (QED) is 0.871. The predicted octanol–water partition coefficient (Wildman–Crippen LogP) is 4.47. The van der Waals surface area contributed by atoms with Crippen molar-refractivity contribution < 1.29 is 4.79 Å². The molecule has 0 radical (unpaired) electrons. The molecule has 0 saturated heterocycles.